The van der Waals surface area contributed by atoms with Gasteiger partial charge in [0.25, 0.3) is 0 Å². The van der Waals surface area contributed by atoms with Crippen molar-refractivity contribution in [2.24, 2.45) is 11.8 Å². The number of rotatable bonds is 5. The molecule has 21 heavy (non-hydrogen) atoms. The van der Waals surface area contributed by atoms with Gasteiger partial charge in [-0.25, -0.2) is 0 Å². The monoisotopic (exact) mass is 290 g/mol. The van der Waals surface area contributed by atoms with Crippen LogP contribution in [-0.4, -0.2) is 31.1 Å². The number of allylic oxidation sites excluding steroid dienone is 2. The predicted molar refractivity (Wildman–Crippen MR) is 76.9 cm³/mol. The molecular weight excluding hydrogens is 272 g/mol. The summed E-state index contributed by atoms with van der Waals surface area (Å²) in [6.07, 6.45) is 4.52. The zero-order valence-corrected chi connectivity index (χ0v) is 12.0. The molecule has 1 aromatic rings. The van der Waals surface area contributed by atoms with Crippen LogP contribution in [0.5, 0.6) is 11.5 Å². The van der Waals surface area contributed by atoms with E-state index in [0.717, 1.165) is 0 Å². The molecular formula is C16H18O5. The first-order valence-electron chi connectivity index (χ1n) is 6.72. The second-order valence-corrected chi connectivity index (χ2v) is 4.93. The van der Waals surface area contributed by atoms with Crippen molar-refractivity contribution in [3.05, 3.63) is 35.9 Å². The summed E-state index contributed by atoms with van der Waals surface area (Å²) in [6.45, 7) is 0. The quantitative estimate of drug-likeness (QED) is 0.666. The number of aliphatic carboxylic acids is 1. The summed E-state index contributed by atoms with van der Waals surface area (Å²) in [7, 11) is 3.02. The van der Waals surface area contributed by atoms with E-state index >= 15 is 0 Å². The molecule has 0 bridgehead atoms. The van der Waals surface area contributed by atoms with E-state index in [1.807, 2.05) is 12.2 Å². The van der Waals surface area contributed by atoms with Crippen LogP contribution < -0.4 is 9.47 Å². The van der Waals surface area contributed by atoms with E-state index in [0.29, 0.717) is 29.9 Å². The second kappa shape index (κ2) is 6.43. The van der Waals surface area contributed by atoms with Crippen LogP contribution >= 0.6 is 0 Å². The number of Topliss-reactive ketones (excluding diaryl/α,β-unsaturated/α-hetero) is 1. The summed E-state index contributed by atoms with van der Waals surface area (Å²) < 4.78 is 10.3. The standard InChI is InChI=1S/C16H18O5/c1-20-13-8-7-10(9-14(13)21-2)15(17)11-5-3-4-6-12(11)16(18)19/h3-4,7-9,11-12H,5-6H2,1-2H3,(H,18,19)/t11-,12+/m0/s1. The molecule has 0 aromatic heterocycles. The third-order valence-electron chi connectivity index (χ3n) is 3.75. The average Bonchev–Trinajstić information content (AvgIpc) is 2.53. The fourth-order valence-electron chi connectivity index (χ4n) is 2.58. The molecule has 0 spiro atoms. The molecule has 112 valence electrons. The van der Waals surface area contributed by atoms with E-state index in [2.05, 4.69) is 0 Å². The van der Waals surface area contributed by atoms with Gasteiger partial charge < -0.3 is 14.6 Å². The Bertz CT molecular complexity index is 576. The Morgan fingerprint density at radius 1 is 1.05 bits per heavy atom. The molecule has 0 saturated heterocycles. The maximum absolute atomic E-state index is 12.6. The molecule has 2 rings (SSSR count). The van der Waals surface area contributed by atoms with Crippen molar-refractivity contribution in [2.75, 3.05) is 14.2 Å². The van der Waals surface area contributed by atoms with Crippen LogP contribution in [0.1, 0.15) is 23.2 Å². The Labute approximate surface area is 123 Å². The van der Waals surface area contributed by atoms with Crippen LogP contribution in [0.2, 0.25) is 0 Å². The van der Waals surface area contributed by atoms with Gasteiger partial charge in [-0.1, -0.05) is 12.2 Å². The van der Waals surface area contributed by atoms with Gasteiger partial charge in [0.1, 0.15) is 0 Å². The number of benzene rings is 1. The van der Waals surface area contributed by atoms with Crippen molar-refractivity contribution in [1.82, 2.24) is 0 Å². The minimum Gasteiger partial charge on any atom is -0.493 e. The lowest BCUT2D eigenvalue weighted by Crippen LogP contribution is -2.31. The Hall–Kier alpha value is -2.30. The first-order chi connectivity index (χ1) is 10.1. The summed E-state index contributed by atoms with van der Waals surface area (Å²) in [5.74, 6) is -1.32. The first kappa shape index (κ1) is 15.1. The fourth-order valence-corrected chi connectivity index (χ4v) is 2.58. The molecule has 5 nitrogen and oxygen atoms in total. The summed E-state index contributed by atoms with van der Waals surface area (Å²) >= 11 is 0. The van der Waals surface area contributed by atoms with Gasteiger partial charge in [0.2, 0.25) is 0 Å². The maximum Gasteiger partial charge on any atom is 0.307 e. The van der Waals surface area contributed by atoms with Gasteiger partial charge in [-0.2, -0.15) is 0 Å². The minimum absolute atomic E-state index is 0.173. The molecule has 0 fully saturated rings. The lowest BCUT2D eigenvalue weighted by Gasteiger charge is -2.24. The minimum atomic E-state index is -0.932. The van der Waals surface area contributed by atoms with Crippen LogP contribution in [0, 0.1) is 11.8 Å². The lowest BCUT2D eigenvalue weighted by molar-refractivity contribution is -0.143. The Morgan fingerprint density at radius 3 is 2.24 bits per heavy atom. The maximum atomic E-state index is 12.6. The highest BCUT2D eigenvalue weighted by Crippen LogP contribution is 2.32. The van der Waals surface area contributed by atoms with Crippen molar-refractivity contribution in [2.45, 2.75) is 12.8 Å². The van der Waals surface area contributed by atoms with Gasteiger partial charge in [0.15, 0.2) is 17.3 Å². The number of carbonyl (C=O) groups is 2. The number of carboxylic acid groups (broad SMARTS) is 1. The number of carbonyl (C=O) groups excluding carboxylic acids is 1. The molecule has 1 aliphatic carbocycles. The highest BCUT2D eigenvalue weighted by molar-refractivity contribution is 6.00. The van der Waals surface area contributed by atoms with Crippen LogP contribution in [-0.2, 0) is 4.79 Å². The fraction of sp³-hybridized carbons (Fsp3) is 0.375. The molecule has 0 saturated carbocycles. The number of ketones is 1. The Kier molecular flexibility index (Phi) is 4.62. The van der Waals surface area contributed by atoms with E-state index < -0.39 is 17.8 Å². The van der Waals surface area contributed by atoms with E-state index in [1.54, 1.807) is 18.2 Å². The number of ether oxygens (including phenoxy) is 2. The topological polar surface area (TPSA) is 72.8 Å². The van der Waals surface area contributed by atoms with E-state index in [1.165, 1.54) is 14.2 Å². The van der Waals surface area contributed by atoms with Crippen molar-refractivity contribution in [3.63, 3.8) is 0 Å². The van der Waals surface area contributed by atoms with Gasteiger partial charge in [-0.15, -0.1) is 0 Å². The molecule has 5 heteroatoms. The van der Waals surface area contributed by atoms with Gasteiger partial charge >= 0.3 is 5.97 Å². The second-order valence-electron chi connectivity index (χ2n) is 4.93. The molecule has 1 aliphatic rings. The van der Waals surface area contributed by atoms with E-state index in [9.17, 15) is 14.7 Å². The number of hydrogen-bond donors (Lipinski definition) is 1. The number of carboxylic acids is 1. The molecule has 0 amide bonds. The van der Waals surface area contributed by atoms with Gasteiger partial charge in [-0.3, -0.25) is 9.59 Å². The highest BCUT2D eigenvalue weighted by Gasteiger charge is 2.34. The van der Waals surface area contributed by atoms with Crippen molar-refractivity contribution < 1.29 is 24.2 Å². The SMILES string of the molecule is COc1ccc(C(=O)[C@H]2CC=CC[C@H]2C(=O)O)cc1OC. The Morgan fingerprint density at radius 2 is 1.67 bits per heavy atom. The van der Waals surface area contributed by atoms with Crippen LogP contribution in [0.4, 0.5) is 0 Å². The Balaban J connectivity index is 2.30. The zero-order chi connectivity index (χ0) is 15.4. The molecule has 1 aromatic carbocycles. The summed E-state index contributed by atoms with van der Waals surface area (Å²) in [5, 5.41) is 9.26. The molecule has 0 radical (unpaired) electrons. The largest absolute Gasteiger partial charge is 0.493 e. The van der Waals surface area contributed by atoms with Crippen molar-refractivity contribution in [1.29, 1.82) is 0 Å². The molecule has 0 aliphatic heterocycles. The van der Waals surface area contributed by atoms with Crippen molar-refractivity contribution in [3.8, 4) is 11.5 Å². The van der Waals surface area contributed by atoms with E-state index in [4.69, 9.17) is 9.47 Å². The molecule has 0 unspecified atom stereocenters. The molecule has 2 atom stereocenters. The highest BCUT2D eigenvalue weighted by atomic mass is 16.5. The predicted octanol–water partition coefficient (Wildman–Crippen LogP) is 2.55. The smallest absolute Gasteiger partial charge is 0.307 e. The van der Waals surface area contributed by atoms with Gasteiger partial charge in [0.05, 0.1) is 20.1 Å². The third-order valence-corrected chi connectivity index (χ3v) is 3.75. The van der Waals surface area contributed by atoms with Gasteiger partial charge in [0, 0.05) is 11.5 Å². The van der Waals surface area contributed by atoms with Crippen molar-refractivity contribution >= 4 is 11.8 Å². The first-order valence-corrected chi connectivity index (χ1v) is 6.72. The van der Waals surface area contributed by atoms with Crippen LogP contribution in [0.25, 0.3) is 0 Å². The van der Waals surface area contributed by atoms with Gasteiger partial charge in [-0.05, 0) is 31.0 Å². The summed E-state index contributed by atoms with van der Waals surface area (Å²) in [5.41, 5.74) is 0.444. The van der Waals surface area contributed by atoms with Crippen LogP contribution in [0.15, 0.2) is 30.4 Å². The molecule has 1 N–H and O–H groups in total. The number of methoxy groups -OCH3 is 2. The summed E-state index contributed by atoms with van der Waals surface area (Å²) in [4.78, 5) is 23.9. The zero-order valence-electron chi connectivity index (χ0n) is 12.0. The van der Waals surface area contributed by atoms with Crippen LogP contribution in [0.3, 0.4) is 0 Å². The summed E-state index contributed by atoms with van der Waals surface area (Å²) in [6, 6.07) is 4.89. The molecule has 0 heterocycles. The van der Waals surface area contributed by atoms with E-state index in [-0.39, 0.29) is 5.78 Å². The third kappa shape index (κ3) is 3.07. The average molecular weight is 290 g/mol. The lowest BCUT2D eigenvalue weighted by atomic mass is 9.78. The normalized spacial score (nSPS) is 20.9. The number of hydrogen-bond acceptors (Lipinski definition) is 4.